The number of rotatable bonds is 4. The van der Waals surface area contributed by atoms with E-state index in [0.29, 0.717) is 12.2 Å². The Morgan fingerprint density at radius 2 is 2.00 bits per heavy atom. The Hall–Kier alpha value is -2.85. The van der Waals surface area contributed by atoms with Gasteiger partial charge in [0.25, 0.3) is 0 Å². The smallest absolute Gasteiger partial charge is 0.222 e. The third-order valence-electron chi connectivity index (χ3n) is 3.11. The van der Waals surface area contributed by atoms with Gasteiger partial charge >= 0.3 is 0 Å². The molecule has 0 aliphatic heterocycles. The number of ether oxygens (including phenoxy) is 1. The van der Waals surface area contributed by atoms with E-state index in [1.807, 2.05) is 43.3 Å². The predicted molar refractivity (Wildman–Crippen MR) is 85.0 cm³/mol. The molecule has 2 aromatic rings. The topological polar surface area (TPSA) is 114 Å². The maximum atomic E-state index is 9.28. The first-order valence-corrected chi connectivity index (χ1v) is 6.61. The molecule has 0 spiro atoms. The Labute approximate surface area is 129 Å². The largest absolute Gasteiger partial charge is 0.496 e. The number of nitrogens with two attached hydrogens (primary N) is 2. The van der Waals surface area contributed by atoms with Crippen molar-refractivity contribution in [3.05, 3.63) is 29.3 Å². The normalized spacial score (nSPS) is 10.5. The number of hydrogen-bond acceptors (Lipinski definition) is 7. The van der Waals surface area contributed by atoms with Gasteiger partial charge in [0.2, 0.25) is 5.95 Å². The molecule has 1 aromatic carbocycles. The van der Waals surface area contributed by atoms with Crippen LogP contribution in [0.5, 0.6) is 5.75 Å². The third kappa shape index (κ3) is 3.07. The summed E-state index contributed by atoms with van der Waals surface area (Å²) in [5.41, 5.74) is 13.8. The van der Waals surface area contributed by atoms with Crippen LogP contribution in [-0.2, 0) is 6.54 Å². The summed E-state index contributed by atoms with van der Waals surface area (Å²) in [5, 5.41) is 9.28. The van der Waals surface area contributed by atoms with Crippen LogP contribution in [0.15, 0.2) is 18.2 Å². The Balaban J connectivity index is 2.61. The van der Waals surface area contributed by atoms with E-state index < -0.39 is 0 Å². The van der Waals surface area contributed by atoms with E-state index in [1.165, 1.54) is 0 Å². The van der Waals surface area contributed by atoms with E-state index in [2.05, 4.69) is 9.97 Å². The van der Waals surface area contributed by atoms with E-state index >= 15 is 0 Å². The van der Waals surface area contributed by atoms with Crippen molar-refractivity contribution in [3.8, 4) is 23.1 Å². The highest BCUT2D eigenvalue weighted by Gasteiger charge is 2.15. The van der Waals surface area contributed by atoms with Gasteiger partial charge in [0, 0.05) is 17.7 Å². The number of benzene rings is 1. The zero-order chi connectivity index (χ0) is 16.3. The second kappa shape index (κ2) is 6.28. The molecule has 0 aliphatic rings. The van der Waals surface area contributed by atoms with Crippen LogP contribution < -0.4 is 16.2 Å². The minimum Gasteiger partial charge on any atom is -0.496 e. The molecule has 0 amide bonds. The highest BCUT2D eigenvalue weighted by atomic mass is 16.5. The highest BCUT2D eigenvalue weighted by Crippen LogP contribution is 2.30. The van der Waals surface area contributed by atoms with Crippen molar-refractivity contribution in [3.63, 3.8) is 0 Å². The van der Waals surface area contributed by atoms with Crippen LogP contribution in [0, 0.1) is 11.3 Å². The quantitative estimate of drug-likeness (QED) is 0.873. The summed E-state index contributed by atoms with van der Waals surface area (Å²) in [6, 6.07) is 7.61. The average Bonchev–Trinajstić information content (AvgIpc) is 2.45. The summed E-state index contributed by atoms with van der Waals surface area (Å²) in [4.78, 5) is 10.0. The van der Waals surface area contributed by atoms with Gasteiger partial charge in [0.05, 0.1) is 12.8 Å². The van der Waals surface area contributed by atoms with Gasteiger partial charge in [-0.2, -0.15) is 10.2 Å². The summed E-state index contributed by atoms with van der Waals surface area (Å²) >= 11 is 0. The maximum Gasteiger partial charge on any atom is 0.222 e. The molecule has 0 saturated heterocycles. The van der Waals surface area contributed by atoms with Gasteiger partial charge in [0.1, 0.15) is 23.2 Å². The molecule has 1 heterocycles. The number of nitrogen functional groups attached to an aromatic ring is 2. The van der Waals surface area contributed by atoms with Crippen LogP contribution in [0.25, 0.3) is 11.3 Å². The molecule has 4 N–H and O–H groups in total. The Bertz CT molecular complexity index is 736. The van der Waals surface area contributed by atoms with Crippen molar-refractivity contribution in [2.45, 2.75) is 6.54 Å². The van der Waals surface area contributed by atoms with Crippen LogP contribution in [0.4, 0.5) is 11.8 Å². The van der Waals surface area contributed by atoms with Crippen LogP contribution in [0.2, 0.25) is 0 Å². The van der Waals surface area contributed by atoms with Gasteiger partial charge in [-0.3, -0.25) is 0 Å². The molecule has 0 unspecified atom stereocenters. The van der Waals surface area contributed by atoms with Crippen molar-refractivity contribution >= 4 is 11.8 Å². The summed E-state index contributed by atoms with van der Waals surface area (Å²) in [7, 11) is 5.55. The fourth-order valence-electron chi connectivity index (χ4n) is 2.21. The average molecular weight is 298 g/mol. The zero-order valence-corrected chi connectivity index (χ0v) is 12.8. The van der Waals surface area contributed by atoms with Crippen molar-refractivity contribution in [1.29, 1.82) is 5.26 Å². The summed E-state index contributed by atoms with van der Waals surface area (Å²) < 4.78 is 5.37. The molecule has 7 heteroatoms. The van der Waals surface area contributed by atoms with Gasteiger partial charge in [-0.1, -0.05) is 0 Å². The van der Waals surface area contributed by atoms with E-state index in [1.54, 1.807) is 7.11 Å². The summed E-state index contributed by atoms with van der Waals surface area (Å²) in [6.07, 6.45) is 0. The third-order valence-corrected chi connectivity index (χ3v) is 3.11. The zero-order valence-electron chi connectivity index (χ0n) is 12.8. The molecular weight excluding hydrogens is 280 g/mol. The Kier molecular flexibility index (Phi) is 4.44. The fourth-order valence-corrected chi connectivity index (χ4v) is 2.21. The van der Waals surface area contributed by atoms with Crippen LogP contribution in [0.3, 0.4) is 0 Å². The standard InChI is InChI=1S/C15H18N6O/c1-21(2)8-10-6-9(4-5-12(10)22-3)13-11(7-16)14(17)20-15(18)19-13/h4-6H,8H2,1-3H3,(H4,17,18,19,20). The van der Waals surface area contributed by atoms with Gasteiger partial charge in [-0.15, -0.1) is 0 Å². The predicted octanol–water partition coefficient (Wildman–Crippen LogP) is 1.25. The van der Waals surface area contributed by atoms with Crippen molar-refractivity contribution < 1.29 is 4.74 Å². The van der Waals surface area contributed by atoms with Crippen molar-refractivity contribution in [1.82, 2.24) is 14.9 Å². The van der Waals surface area contributed by atoms with Crippen molar-refractivity contribution in [2.24, 2.45) is 0 Å². The molecule has 114 valence electrons. The van der Waals surface area contributed by atoms with Crippen LogP contribution in [-0.4, -0.2) is 36.1 Å². The number of aromatic nitrogens is 2. The molecule has 0 atom stereocenters. The first-order valence-electron chi connectivity index (χ1n) is 6.61. The lowest BCUT2D eigenvalue weighted by Crippen LogP contribution is -2.12. The Morgan fingerprint density at radius 1 is 1.27 bits per heavy atom. The van der Waals surface area contributed by atoms with Crippen LogP contribution in [0.1, 0.15) is 11.1 Å². The number of methoxy groups -OCH3 is 1. The monoisotopic (exact) mass is 298 g/mol. The number of anilines is 2. The lowest BCUT2D eigenvalue weighted by molar-refractivity contribution is 0.372. The molecule has 22 heavy (non-hydrogen) atoms. The summed E-state index contributed by atoms with van der Waals surface area (Å²) in [6.45, 7) is 0.689. The second-order valence-electron chi connectivity index (χ2n) is 5.07. The highest BCUT2D eigenvalue weighted by molar-refractivity contribution is 5.74. The van der Waals surface area contributed by atoms with E-state index in [-0.39, 0.29) is 17.3 Å². The van der Waals surface area contributed by atoms with E-state index in [9.17, 15) is 5.26 Å². The van der Waals surface area contributed by atoms with Gasteiger partial charge < -0.3 is 21.1 Å². The molecule has 7 nitrogen and oxygen atoms in total. The Morgan fingerprint density at radius 3 is 2.59 bits per heavy atom. The summed E-state index contributed by atoms with van der Waals surface area (Å²) in [5.74, 6) is 0.886. The lowest BCUT2D eigenvalue weighted by atomic mass is 10.0. The SMILES string of the molecule is COc1ccc(-c2nc(N)nc(N)c2C#N)cc1CN(C)C. The van der Waals surface area contributed by atoms with E-state index in [4.69, 9.17) is 16.2 Å². The molecule has 0 bridgehead atoms. The van der Waals surface area contributed by atoms with E-state index in [0.717, 1.165) is 16.9 Å². The maximum absolute atomic E-state index is 9.28. The minimum atomic E-state index is 0.0384. The molecule has 2 rings (SSSR count). The number of nitrogens with zero attached hydrogens (tertiary/aromatic N) is 4. The molecule has 0 aliphatic carbocycles. The molecular formula is C15H18N6O. The number of nitriles is 1. The number of hydrogen-bond donors (Lipinski definition) is 2. The van der Waals surface area contributed by atoms with Gasteiger partial charge in [-0.05, 0) is 32.3 Å². The van der Waals surface area contributed by atoms with Crippen LogP contribution >= 0.6 is 0 Å². The van der Waals surface area contributed by atoms with Gasteiger partial charge in [-0.25, -0.2) is 4.98 Å². The fraction of sp³-hybridized carbons (Fsp3) is 0.267. The first kappa shape index (κ1) is 15.5. The first-order chi connectivity index (χ1) is 10.5. The minimum absolute atomic E-state index is 0.0384. The van der Waals surface area contributed by atoms with Gasteiger partial charge in [0.15, 0.2) is 0 Å². The molecule has 1 aromatic heterocycles. The second-order valence-corrected chi connectivity index (χ2v) is 5.07. The molecule has 0 saturated carbocycles. The van der Waals surface area contributed by atoms with Crippen molar-refractivity contribution in [2.75, 3.05) is 32.7 Å². The molecule has 0 fully saturated rings. The molecule has 0 radical (unpaired) electrons. The lowest BCUT2D eigenvalue weighted by Gasteiger charge is -2.15.